The minimum atomic E-state index is -0.240. The molecule has 8 nitrogen and oxygen atoms in total. The molecule has 2 atom stereocenters. The third-order valence-corrected chi connectivity index (χ3v) is 6.92. The summed E-state index contributed by atoms with van der Waals surface area (Å²) in [5, 5.41) is 3.37. The molecule has 3 fully saturated rings. The van der Waals surface area contributed by atoms with Gasteiger partial charge in [-0.25, -0.2) is 9.97 Å². The van der Waals surface area contributed by atoms with Gasteiger partial charge in [-0.05, 0) is 30.5 Å². The van der Waals surface area contributed by atoms with E-state index in [1.165, 1.54) is 5.56 Å². The maximum atomic E-state index is 12.4. The van der Waals surface area contributed by atoms with Crippen molar-refractivity contribution in [2.45, 2.75) is 37.3 Å². The Morgan fingerprint density at radius 1 is 1.25 bits per heavy atom. The minimum Gasteiger partial charge on any atom is -0.497 e. The zero-order valence-electron chi connectivity index (χ0n) is 18.6. The quantitative estimate of drug-likeness (QED) is 0.766. The number of ether oxygens (including phenoxy) is 2. The van der Waals surface area contributed by atoms with Crippen LogP contribution < -0.4 is 15.0 Å². The van der Waals surface area contributed by atoms with E-state index in [2.05, 4.69) is 37.2 Å². The van der Waals surface area contributed by atoms with Crippen molar-refractivity contribution in [3.8, 4) is 5.75 Å². The summed E-state index contributed by atoms with van der Waals surface area (Å²) in [4.78, 5) is 26.2. The van der Waals surface area contributed by atoms with E-state index in [4.69, 9.17) is 9.47 Å². The molecular formula is C24H31N5O3. The number of nitrogens with zero attached hydrogens (tertiary/aromatic N) is 4. The van der Waals surface area contributed by atoms with Crippen LogP contribution in [0, 0.1) is 0 Å². The number of piperidine rings is 1. The molecule has 0 radical (unpaired) electrons. The van der Waals surface area contributed by atoms with Crippen LogP contribution in [-0.2, 0) is 16.1 Å². The number of likely N-dealkylation sites (tertiary alicyclic amines) is 1. The zero-order valence-corrected chi connectivity index (χ0v) is 18.6. The fourth-order valence-corrected chi connectivity index (χ4v) is 5.37. The highest BCUT2D eigenvalue weighted by molar-refractivity contribution is 5.78. The number of carbonyl (C=O) groups excluding carboxylic acids is 1. The van der Waals surface area contributed by atoms with Gasteiger partial charge in [0.2, 0.25) is 11.9 Å². The van der Waals surface area contributed by atoms with Gasteiger partial charge < -0.3 is 19.7 Å². The van der Waals surface area contributed by atoms with Crippen LogP contribution in [0.5, 0.6) is 5.75 Å². The van der Waals surface area contributed by atoms with Crippen molar-refractivity contribution in [2.24, 2.45) is 0 Å². The third kappa shape index (κ3) is 4.29. The van der Waals surface area contributed by atoms with Crippen LogP contribution in [0.3, 0.4) is 0 Å². The van der Waals surface area contributed by atoms with E-state index in [9.17, 15) is 4.79 Å². The molecule has 0 unspecified atom stereocenters. The first kappa shape index (κ1) is 21.2. The summed E-state index contributed by atoms with van der Waals surface area (Å²) < 4.78 is 10.9. The largest absolute Gasteiger partial charge is 0.497 e. The lowest BCUT2D eigenvalue weighted by Gasteiger charge is -2.39. The Morgan fingerprint density at radius 3 is 2.81 bits per heavy atom. The number of rotatable bonds is 5. The molecule has 0 saturated carbocycles. The molecule has 1 aromatic heterocycles. The maximum Gasteiger partial charge on any atom is 0.225 e. The summed E-state index contributed by atoms with van der Waals surface area (Å²) in [5.41, 5.74) is 2.06. The SMILES string of the molecule is COc1cccc([C@@H]2CN(Cc3cnc(N4CCOCC4)nc3)C[C@]23CCCC(=O)N3)c1. The van der Waals surface area contributed by atoms with Crippen molar-refractivity contribution in [2.75, 3.05) is 51.4 Å². The summed E-state index contributed by atoms with van der Waals surface area (Å²) in [6, 6.07) is 8.26. The zero-order chi connectivity index (χ0) is 22.0. The molecule has 2 aromatic rings. The molecule has 0 bridgehead atoms. The smallest absolute Gasteiger partial charge is 0.225 e. The van der Waals surface area contributed by atoms with Crippen LogP contribution in [0.25, 0.3) is 0 Å². The van der Waals surface area contributed by atoms with Crippen LogP contribution in [0.4, 0.5) is 5.95 Å². The number of amides is 1. The van der Waals surface area contributed by atoms with Gasteiger partial charge in [-0.3, -0.25) is 9.69 Å². The average Bonchev–Trinajstić information content (AvgIpc) is 3.16. The number of hydrogen-bond donors (Lipinski definition) is 1. The Bertz CT molecular complexity index is 947. The third-order valence-electron chi connectivity index (χ3n) is 6.92. The van der Waals surface area contributed by atoms with E-state index in [-0.39, 0.29) is 17.4 Å². The molecule has 1 N–H and O–H groups in total. The Morgan fingerprint density at radius 2 is 2.06 bits per heavy atom. The molecule has 8 heteroatoms. The van der Waals surface area contributed by atoms with Gasteiger partial charge in [0.05, 0.1) is 25.9 Å². The van der Waals surface area contributed by atoms with Crippen LogP contribution in [0.1, 0.15) is 36.3 Å². The number of benzene rings is 1. The van der Waals surface area contributed by atoms with E-state index in [1.54, 1.807) is 7.11 Å². The van der Waals surface area contributed by atoms with Gasteiger partial charge in [0.25, 0.3) is 0 Å². The number of nitrogens with one attached hydrogen (secondary N) is 1. The van der Waals surface area contributed by atoms with E-state index < -0.39 is 0 Å². The Labute approximate surface area is 188 Å². The molecule has 4 heterocycles. The standard InChI is InChI=1S/C24H31N5O3/c1-31-20-5-2-4-19(12-20)21-16-28(17-24(21)7-3-6-22(30)27-24)15-18-13-25-23(26-14-18)29-8-10-32-11-9-29/h2,4-5,12-14,21H,3,6-11,15-17H2,1H3,(H,27,30)/t21-,24+/m0/s1. The summed E-state index contributed by atoms with van der Waals surface area (Å²) >= 11 is 0. The lowest BCUT2D eigenvalue weighted by molar-refractivity contribution is -0.125. The van der Waals surface area contributed by atoms with Crippen molar-refractivity contribution < 1.29 is 14.3 Å². The van der Waals surface area contributed by atoms with Gasteiger partial charge in [0.1, 0.15) is 5.75 Å². The molecule has 32 heavy (non-hydrogen) atoms. The van der Waals surface area contributed by atoms with Gasteiger partial charge in [-0.1, -0.05) is 12.1 Å². The van der Waals surface area contributed by atoms with E-state index >= 15 is 0 Å². The first-order chi connectivity index (χ1) is 15.6. The molecule has 0 aliphatic carbocycles. The van der Waals surface area contributed by atoms with Gasteiger partial charge >= 0.3 is 0 Å². The van der Waals surface area contributed by atoms with Crippen LogP contribution in [-0.4, -0.2) is 72.8 Å². The summed E-state index contributed by atoms with van der Waals surface area (Å²) in [7, 11) is 1.69. The lowest BCUT2D eigenvalue weighted by Crippen LogP contribution is -2.56. The van der Waals surface area contributed by atoms with Gasteiger partial charge in [-0.15, -0.1) is 0 Å². The van der Waals surface area contributed by atoms with Crippen molar-refractivity contribution in [3.05, 3.63) is 47.8 Å². The molecule has 3 aliphatic heterocycles. The number of anilines is 1. The molecule has 3 saturated heterocycles. The summed E-state index contributed by atoms with van der Waals surface area (Å²) in [6.45, 7) is 5.56. The first-order valence-electron chi connectivity index (χ1n) is 11.5. The van der Waals surface area contributed by atoms with Crippen molar-refractivity contribution in [3.63, 3.8) is 0 Å². The normalized spacial score (nSPS) is 26.3. The Hall–Kier alpha value is -2.71. The monoisotopic (exact) mass is 437 g/mol. The number of morpholine rings is 1. The fraction of sp³-hybridized carbons (Fsp3) is 0.542. The molecule has 1 spiro atoms. The topological polar surface area (TPSA) is 79.8 Å². The Balaban J connectivity index is 1.34. The molecule has 3 aliphatic rings. The second-order valence-electron chi connectivity index (χ2n) is 9.05. The second kappa shape index (κ2) is 9.03. The van der Waals surface area contributed by atoms with Crippen molar-refractivity contribution >= 4 is 11.9 Å². The average molecular weight is 438 g/mol. The number of methoxy groups -OCH3 is 1. The number of carbonyl (C=O) groups is 1. The predicted molar refractivity (Wildman–Crippen MR) is 121 cm³/mol. The molecule has 5 rings (SSSR count). The first-order valence-corrected chi connectivity index (χ1v) is 11.5. The van der Waals surface area contributed by atoms with Gasteiger partial charge in [0.15, 0.2) is 0 Å². The van der Waals surface area contributed by atoms with Gasteiger partial charge in [-0.2, -0.15) is 0 Å². The van der Waals surface area contributed by atoms with Crippen LogP contribution in [0.15, 0.2) is 36.7 Å². The molecule has 170 valence electrons. The van der Waals surface area contributed by atoms with E-state index in [1.807, 2.05) is 24.5 Å². The fourth-order valence-electron chi connectivity index (χ4n) is 5.37. The highest BCUT2D eigenvalue weighted by Gasteiger charge is 2.49. The van der Waals surface area contributed by atoms with E-state index in [0.29, 0.717) is 6.42 Å². The van der Waals surface area contributed by atoms with E-state index in [0.717, 1.165) is 76.0 Å². The van der Waals surface area contributed by atoms with Crippen molar-refractivity contribution in [1.82, 2.24) is 20.2 Å². The maximum absolute atomic E-state index is 12.4. The summed E-state index contributed by atoms with van der Waals surface area (Å²) in [6.07, 6.45) is 6.40. The Kier molecular flexibility index (Phi) is 5.97. The van der Waals surface area contributed by atoms with Crippen LogP contribution in [0.2, 0.25) is 0 Å². The molecular weight excluding hydrogens is 406 g/mol. The van der Waals surface area contributed by atoms with Crippen LogP contribution >= 0.6 is 0 Å². The molecule has 1 amide bonds. The number of hydrogen-bond acceptors (Lipinski definition) is 7. The molecule has 1 aromatic carbocycles. The number of aromatic nitrogens is 2. The predicted octanol–water partition coefficient (Wildman–Crippen LogP) is 1.96. The van der Waals surface area contributed by atoms with Gasteiger partial charge in [0, 0.05) is 63.0 Å². The minimum absolute atomic E-state index is 0.157. The highest BCUT2D eigenvalue weighted by atomic mass is 16.5. The van der Waals surface area contributed by atoms with Crippen molar-refractivity contribution in [1.29, 1.82) is 0 Å². The lowest BCUT2D eigenvalue weighted by atomic mass is 9.76. The second-order valence-corrected chi connectivity index (χ2v) is 9.05. The highest BCUT2D eigenvalue weighted by Crippen LogP contribution is 2.42. The summed E-state index contributed by atoms with van der Waals surface area (Å²) in [5.74, 6) is 1.99.